The molecule has 116 valence electrons. The molecular weight excluding hydrogens is 268 g/mol. The smallest absolute Gasteiger partial charge is 0.303 e. The van der Waals surface area contributed by atoms with E-state index in [0.29, 0.717) is 23.7 Å². The third-order valence-corrected chi connectivity index (χ3v) is 3.36. The van der Waals surface area contributed by atoms with Crippen LogP contribution in [0.4, 0.5) is 5.69 Å². The van der Waals surface area contributed by atoms with E-state index in [0.717, 1.165) is 12.0 Å². The number of anilines is 1. The summed E-state index contributed by atoms with van der Waals surface area (Å²) in [5.41, 5.74) is 7.79. The summed E-state index contributed by atoms with van der Waals surface area (Å²) in [5, 5.41) is 11.7. The Hall–Kier alpha value is -2.04. The lowest BCUT2D eigenvalue weighted by molar-refractivity contribution is -0.138. The molecule has 1 atom stereocenters. The van der Waals surface area contributed by atoms with Gasteiger partial charge in [-0.15, -0.1) is 0 Å². The molecule has 0 heterocycles. The van der Waals surface area contributed by atoms with Crippen molar-refractivity contribution < 1.29 is 14.7 Å². The molecule has 0 saturated heterocycles. The topological polar surface area (TPSA) is 92.4 Å². The van der Waals surface area contributed by atoms with E-state index in [4.69, 9.17) is 10.8 Å². The normalized spacial score (nSPS) is 12.2. The van der Waals surface area contributed by atoms with Crippen LogP contribution in [0.5, 0.6) is 0 Å². The summed E-state index contributed by atoms with van der Waals surface area (Å²) in [7, 11) is 0. The first kappa shape index (κ1) is 17.0. The second-order valence-electron chi connectivity index (χ2n) is 5.87. The molecule has 0 radical (unpaired) electrons. The molecular formula is C16H24N2O3. The third-order valence-electron chi connectivity index (χ3n) is 3.36. The Labute approximate surface area is 125 Å². The number of hydrogen-bond donors (Lipinski definition) is 3. The first-order valence-electron chi connectivity index (χ1n) is 7.15. The Morgan fingerprint density at radius 1 is 1.33 bits per heavy atom. The van der Waals surface area contributed by atoms with Crippen LogP contribution < -0.4 is 11.1 Å². The average Bonchev–Trinajstić information content (AvgIpc) is 2.37. The number of carboxylic acids is 1. The number of carbonyl (C=O) groups excluding carboxylic acids is 1. The molecule has 1 aromatic carbocycles. The van der Waals surface area contributed by atoms with Crippen molar-refractivity contribution in [3.8, 4) is 0 Å². The average molecular weight is 292 g/mol. The van der Waals surface area contributed by atoms with Gasteiger partial charge in [0.15, 0.2) is 0 Å². The molecule has 5 nitrogen and oxygen atoms in total. The van der Waals surface area contributed by atoms with Crippen molar-refractivity contribution in [2.45, 2.75) is 33.6 Å². The van der Waals surface area contributed by atoms with Gasteiger partial charge in [0.2, 0.25) is 0 Å². The number of nitrogen functional groups attached to an aromatic ring is 1. The summed E-state index contributed by atoms with van der Waals surface area (Å²) in [6.45, 7) is 6.31. The monoisotopic (exact) mass is 292 g/mol. The number of nitrogens with two attached hydrogens (primary N) is 1. The van der Waals surface area contributed by atoms with Crippen LogP contribution in [-0.4, -0.2) is 23.5 Å². The predicted molar refractivity (Wildman–Crippen MR) is 83.1 cm³/mol. The molecule has 0 aliphatic heterocycles. The molecule has 5 heteroatoms. The van der Waals surface area contributed by atoms with Gasteiger partial charge in [-0.05, 0) is 42.9 Å². The summed E-state index contributed by atoms with van der Waals surface area (Å²) in [5.74, 6) is -0.731. The molecule has 21 heavy (non-hydrogen) atoms. The predicted octanol–water partition coefficient (Wildman–Crippen LogP) is 2.44. The van der Waals surface area contributed by atoms with Crippen LogP contribution in [0, 0.1) is 18.8 Å². The van der Waals surface area contributed by atoms with Crippen molar-refractivity contribution in [2.75, 3.05) is 12.3 Å². The van der Waals surface area contributed by atoms with Crippen molar-refractivity contribution in [1.82, 2.24) is 5.32 Å². The van der Waals surface area contributed by atoms with E-state index in [1.165, 1.54) is 0 Å². The Morgan fingerprint density at radius 3 is 2.52 bits per heavy atom. The molecule has 1 aromatic rings. The summed E-state index contributed by atoms with van der Waals surface area (Å²) in [6.07, 6.45) is 0.830. The lowest BCUT2D eigenvalue weighted by Gasteiger charge is -2.18. The maximum absolute atomic E-state index is 12.1. The van der Waals surface area contributed by atoms with E-state index in [9.17, 15) is 9.59 Å². The van der Waals surface area contributed by atoms with Crippen molar-refractivity contribution in [2.24, 2.45) is 11.8 Å². The highest BCUT2D eigenvalue weighted by Crippen LogP contribution is 2.16. The van der Waals surface area contributed by atoms with Gasteiger partial charge in [-0.2, -0.15) is 0 Å². The van der Waals surface area contributed by atoms with Gasteiger partial charge < -0.3 is 16.2 Å². The van der Waals surface area contributed by atoms with Gasteiger partial charge in [-0.3, -0.25) is 9.59 Å². The van der Waals surface area contributed by atoms with E-state index in [1.54, 1.807) is 18.2 Å². The molecule has 1 rings (SSSR count). The van der Waals surface area contributed by atoms with Gasteiger partial charge in [0.25, 0.3) is 5.91 Å². The van der Waals surface area contributed by atoms with Gasteiger partial charge in [0, 0.05) is 24.2 Å². The Bertz CT molecular complexity index is 512. The zero-order chi connectivity index (χ0) is 16.0. The Balaban J connectivity index is 2.63. The van der Waals surface area contributed by atoms with Crippen LogP contribution in [0.15, 0.2) is 18.2 Å². The van der Waals surface area contributed by atoms with Gasteiger partial charge in [0.05, 0.1) is 0 Å². The number of nitrogens with one attached hydrogen (secondary N) is 1. The molecule has 0 saturated carbocycles. The molecule has 0 aliphatic rings. The van der Waals surface area contributed by atoms with Crippen molar-refractivity contribution in [3.05, 3.63) is 29.3 Å². The molecule has 1 amide bonds. The fourth-order valence-electron chi connectivity index (χ4n) is 2.27. The lowest BCUT2D eigenvalue weighted by Crippen LogP contribution is -2.31. The molecule has 0 aromatic heterocycles. The van der Waals surface area contributed by atoms with Gasteiger partial charge in [-0.1, -0.05) is 19.9 Å². The third kappa shape index (κ3) is 5.85. The maximum Gasteiger partial charge on any atom is 0.303 e. The minimum absolute atomic E-state index is 0.0609. The standard InChI is InChI=1S/C16H24N2O3/c1-10(2)6-12(7-15(19)20)9-18-16(21)13-5-4-11(3)14(17)8-13/h4-5,8,10,12H,6-7,9,17H2,1-3H3,(H,18,21)(H,19,20)/t12-/m0/s1. The van der Waals surface area contributed by atoms with Crippen molar-refractivity contribution in [1.29, 1.82) is 0 Å². The minimum atomic E-state index is -0.838. The number of aliphatic carboxylic acids is 1. The molecule has 0 aliphatic carbocycles. The van der Waals surface area contributed by atoms with Crippen LogP contribution in [0.25, 0.3) is 0 Å². The molecule has 0 bridgehead atoms. The van der Waals surface area contributed by atoms with Crippen LogP contribution in [0.3, 0.4) is 0 Å². The zero-order valence-corrected chi connectivity index (χ0v) is 12.8. The number of aryl methyl sites for hydroxylation is 1. The number of carbonyl (C=O) groups is 2. The van der Waals surface area contributed by atoms with Crippen molar-refractivity contribution in [3.63, 3.8) is 0 Å². The van der Waals surface area contributed by atoms with Crippen molar-refractivity contribution >= 4 is 17.6 Å². The summed E-state index contributed by atoms with van der Waals surface area (Å²) in [6, 6.07) is 5.15. The number of amides is 1. The molecule has 0 fully saturated rings. The number of carboxylic acid groups (broad SMARTS) is 1. The number of hydrogen-bond acceptors (Lipinski definition) is 3. The highest BCUT2D eigenvalue weighted by atomic mass is 16.4. The zero-order valence-electron chi connectivity index (χ0n) is 12.8. The van der Waals surface area contributed by atoms with Gasteiger partial charge in [-0.25, -0.2) is 0 Å². The minimum Gasteiger partial charge on any atom is -0.481 e. The van der Waals surface area contributed by atoms with Crippen LogP contribution >= 0.6 is 0 Å². The summed E-state index contributed by atoms with van der Waals surface area (Å²) >= 11 is 0. The van der Waals surface area contributed by atoms with Crippen LogP contribution in [0.1, 0.15) is 42.6 Å². The largest absolute Gasteiger partial charge is 0.481 e. The molecule has 4 N–H and O–H groups in total. The molecule has 0 unspecified atom stereocenters. The summed E-state index contributed by atoms with van der Waals surface area (Å²) in [4.78, 5) is 22.9. The van der Waals surface area contributed by atoms with E-state index in [1.807, 2.05) is 20.8 Å². The van der Waals surface area contributed by atoms with E-state index in [-0.39, 0.29) is 18.2 Å². The fraction of sp³-hybridized carbons (Fsp3) is 0.500. The lowest BCUT2D eigenvalue weighted by atomic mass is 9.94. The van der Waals surface area contributed by atoms with Gasteiger partial charge >= 0.3 is 5.97 Å². The van der Waals surface area contributed by atoms with Gasteiger partial charge in [0.1, 0.15) is 0 Å². The second kappa shape index (κ2) is 7.67. The maximum atomic E-state index is 12.1. The number of rotatable bonds is 7. The highest BCUT2D eigenvalue weighted by molar-refractivity contribution is 5.95. The van der Waals surface area contributed by atoms with E-state index in [2.05, 4.69) is 5.32 Å². The molecule has 0 spiro atoms. The Morgan fingerprint density at radius 2 is 2.00 bits per heavy atom. The van der Waals surface area contributed by atoms with Crippen LogP contribution in [0.2, 0.25) is 0 Å². The SMILES string of the molecule is Cc1ccc(C(=O)NC[C@H](CC(=O)O)CC(C)C)cc1N. The first-order valence-corrected chi connectivity index (χ1v) is 7.15. The highest BCUT2D eigenvalue weighted by Gasteiger charge is 2.16. The first-order chi connectivity index (χ1) is 9.79. The number of benzene rings is 1. The van der Waals surface area contributed by atoms with E-state index >= 15 is 0 Å². The fourth-order valence-corrected chi connectivity index (χ4v) is 2.27. The van der Waals surface area contributed by atoms with E-state index < -0.39 is 5.97 Å². The van der Waals surface area contributed by atoms with Crippen LogP contribution in [-0.2, 0) is 4.79 Å². The summed E-state index contributed by atoms with van der Waals surface area (Å²) < 4.78 is 0. The Kier molecular flexibility index (Phi) is 6.21. The second-order valence-corrected chi connectivity index (χ2v) is 5.87. The quantitative estimate of drug-likeness (QED) is 0.673.